The van der Waals surface area contributed by atoms with Crippen LogP contribution in [0, 0.1) is 0 Å². The molecule has 2 rings (SSSR count). The van der Waals surface area contributed by atoms with Crippen molar-refractivity contribution in [3.05, 3.63) is 18.2 Å². The Balaban J connectivity index is 2.46. The molecule has 0 saturated carbocycles. The molecule has 5 nitrogen and oxygen atoms in total. The quantitative estimate of drug-likeness (QED) is 0.494. The second-order valence-electron chi connectivity index (χ2n) is 3.36. The Bertz CT molecular complexity index is 284. The van der Waals surface area contributed by atoms with E-state index in [1.54, 1.807) is 23.9 Å². The summed E-state index contributed by atoms with van der Waals surface area (Å²) in [6.45, 7) is 1.77. The Morgan fingerprint density at radius 2 is 2.00 bits per heavy atom. The van der Waals surface area contributed by atoms with Crippen molar-refractivity contribution in [1.82, 2.24) is 9.55 Å². The lowest BCUT2D eigenvalue weighted by atomic mass is 9.97. The molecule has 4 atom stereocenters. The first-order valence-corrected chi connectivity index (χ1v) is 4.20. The molecule has 0 spiro atoms. The fourth-order valence-electron chi connectivity index (χ4n) is 1.69. The van der Waals surface area contributed by atoms with E-state index >= 15 is 0 Å². The zero-order chi connectivity index (χ0) is 9.59. The highest BCUT2D eigenvalue weighted by atomic mass is 16.4. The zero-order valence-corrected chi connectivity index (χ0v) is 7.20. The molecule has 3 N–H and O–H groups in total. The van der Waals surface area contributed by atoms with Crippen LogP contribution in [0.2, 0.25) is 0 Å². The Hall–Kier alpha value is -0.910. The van der Waals surface area contributed by atoms with Gasteiger partial charge in [0.05, 0.1) is 6.04 Å². The highest BCUT2D eigenvalue weighted by molar-refractivity contribution is 5.07. The molecule has 0 radical (unpaired) electrons. The largest absolute Gasteiger partial charge is 0.388 e. The zero-order valence-electron chi connectivity index (χ0n) is 7.20. The van der Waals surface area contributed by atoms with Gasteiger partial charge < -0.3 is 19.9 Å². The fraction of sp³-hybridized carbons (Fsp3) is 0.625. The van der Waals surface area contributed by atoms with E-state index < -0.39 is 18.3 Å². The second kappa shape index (κ2) is 2.80. The molecule has 13 heavy (non-hydrogen) atoms. The number of fused-ring (bicyclic) bond motifs is 1. The normalized spacial score (nSPS) is 38.8. The van der Waals surface area contributed by atoms with Crippen LogP contribution in [0.5, 0.6) is 0 Å². The lowest BCUT2D eigenvalue weighted by molar-refractivity contribution is -0.0983. The number of imidazole rings is 1. The molecule has 0 aromatic carbocycles. The van der Waals surface area contributed by atoms with Gasteiger partial charge in [-0.3, -0.25) is 0 Å². The van der Waals surface area contributed by atoms with Crippen molar-refractivity contribution in [2.45, 2.75) is 31.3 Å². The smallest absolute Gasteiger partial charge is 0.140 e. The summed E-state index contributed by atoms with van der Waals surface area (Å²) in [6.07, 6.45) is 0.0285. The molecule has 1 aromatic rings. The maximum Gasteiger partial charge on any atom is 0.140 e. The van der Waals surface area contributed by atoms with E-state index in [0.29, 0.717) is 5.82 Å². The molecule has 0 amide bonds. The molecular formula is C8H12N2O3. The van der Waals surface area contributed by atoms with Crippen LogP contribution in [0.4, 0.5) is 0 Å². The van der Waals surface area contributed by atoms with Gasteiger partial charge in [-0.05, 0) is 6.92 Å². The molecule has 72 valence electrons. The van der Waals surface area contributed by atoms with Crippen molar-refractivity contribution in [3.8, 4) is 0 Å². The van der Waals surface area contributed by atoms with E-state index in [-0.39, 0.29) is 6.04 Å². The second-order valence-corrected chi connectivity index (χ2v) is 3.36. The standard InChI is InChI=1S/C8H12N2O3/c1-4-5(11)6(12)7(13)8-9-2-3-10(4)8/h2-7,11-13H,1H3/t4-,5+,6+,7-/m0/s1. The number of hydrogen-bond acceptors (Lipinski definition) is 4. The van der Waals surface area contributed by atoms with E-state index in [9.17, 15) is 15.3 Å². The Labute approximate surface area is 75.3 Å². The molecule has 2 heterocycles. The first-order chi connectivity index (χ1) is 6.13. The third-order valence-corrected chi connectivity index (χ3v) is 2.57. The predicted molar refractivity (Wildman–Crippen MR) is 43.9 cm³/mol. The van der Waals surface area contributed by atoms with Crippen LogP contribution in [0.15, 0.2) is 12.4 Å². The monoisotopic (exact) mass is 184 g/mol. The summed E-state index contributed by atoms with van der Waals surface area (Å²) in [5, 5.41) is 28.5. The van der Waals surface area contributed by atoms with Crippen molar-refractivity contribution in [1.29, 1.82) is 0 Å². The van der Waals surface area contributed by atoms with E-state index in [0.717, 1.165) is 0 Å². The highest BCUT2D eigenvalue weighted by Gasteiger charge is 2.38. The number of aromatic nitrogens is 2. The number of aliphatic hydroxyl groups excluding tert-OH is 3. The topological polar surface area (TPSA) is 78.5 Å². The van der Waals surface area contributed by atoms with Gasteiger partial charge in [-0.25, -0.2) is 4.98 Å². The minimum absolute atomic E-state index is 0.254. The summed E-state index contributed by atoms with van der Waals surface area (Å²) in [4.78, 5) is 3.91. The van der Waals surface area contributed by atoms with Gasteiger partial charge in [0.1, 0.15) is 24.1 Å². The molecule has 1 aromatic heterocycles. The lowest BCUT2D eigenvalue weighted by Crippen LogP contribution is -2.43. The molecule has 0 aliphatic carbocycles. The molecule has 1 aliphatic rings. The molecular weight excluding hydrogens is 172 g/mol. The third kappa shape index (κ3) is 1.08. The summed E-state index contributed by atoms with van der Waals surface area (Å²) in [6, 6.07) is -0.254. The van der Waals surface area contributed by atoms with Gasteiger partial charge in [0.2, 0.25) is 0 Å². The van der Waals surface area contributed by atoms with Crippen LogP contribution in [-0.2, 0) is 0 Å². The van der Waals surface area contributed by atoms with Gasteiger partial charge in [0.25, 0.3) is 0 Å². The number of nitrogens with zero attached hydrogens (tertiary/aromatic N) is 2. The summed E-state index contributed by atoms with van der Waals surface area (Å²) in [5.41, 5.74) is 0. The van der Waals surface area contributed by atoms with Gasteiger partial charge in [-0.2, -0.15) is 0 Å². The predicted octanol–water partition coefficient (Wildman–Crippen LogP) is -0.787. The molecule has 0 saturated heterocycles. The first kappa shape index (κ1) is 8.68. The van der Waals surface area contributed by atoms with E-state index in [2.05, 4.69) is 4.98 Å². The van der Waals surface area contributed by atoms with E-state index in [1.165, 1.54) is 0 Å². The van der Waals surface area contributed by atoms with Crippen LogP contribution < -0.4 is 0 Å². The van der Waals surface area contributed by atoms with Crippen LogP contribution in [-0.4, -0.2) is 37.1 Å². The van der Waals surface area contributed by atoms with E-state index in [4.69, 9.17) is 0 Å². The average Bonchev–Trinajstić information content (AvgIpc) is 2.59. The Morgan fingerprint density at radius 3 is 2.69 bits per heavy atom. The van der Waals surface area contributed by atoms with Gasteiger partial charge in [0, 0.05) is 12.4 Å². The summed E-state index contributed by atoms with van der Waals surface area (Å²) in [7, 11) is 0. The van der Waals surface area contributed by atoms with Crippen LogP contribution in [0.25, 0.3) is 0 Å². The van der Waals surface area contributed by atoms with Gasteiger partial charge in [-0.1, -0.05) is 0 Å². The number of aliphatic hydroxyl groups is 3. The third-order valence-electron chi connectivity index (χ3n) is 2.57. The number of rotatable bonds is 0. The molecule has 5 heteroatoms. The van der Waals surface area contributed by atoms with Gasteiger partial charge >= 0.3 is 0 Å². The molecule has 0 bridgehead atoms. The summed E-state index contributed by atoms with van der Waals surface area (Å²) in [5.74, 6) is 0.408. The average molecular weight is 184 g/mol. The summed E-state index contributed by atoms with van der Waals surface area (Å²) >= 11 is 0. The maximum absolute atomic E-state index is 9.52. The number of hydrogen-bond donors (Lipinski definition) is 3. The minimum Gasteiger partial charge on any atom is -0.388 e. The van der Waals surface area contributed by atoms with Crippen molar-refractivity contribution >= 4 is 0 Å². The minimum atomic E-state index is -1.15. The molecule has 1 aliphatic heterocycles. The Kier molecular flexibility index (Phi) is 1.87. The van der Waals surface area contributed by atoms with E-state index in [1.807, 2.05) is 0 Å². The van der Waals surface area contributed by atoms with Crippen molar-refractivity contribution < 1.29 is 15.3 Å². The van der Waals surface area contributed by atoms with Crippen LogP contribution >= 0.6 is 0 Å². The van der Waals surface area contributed by atoms with Crippen LogP contribution in [0.3, 0.4) is 0 Å². The maximum atomic E-state index is 9.52. The van der Waals surface area contributed by atoms with Crippen molar-refractivity contribution in [2.24, 2.45) is 0 Å². The Morgan fingerprint density at radius 1 is 1.31 bits per heavy atom. The lowest BCUT2D eigenvalue weighted by Gasteiger charge is -2.34. The van der Waals surface area contributed by atoms with Crippen LogP contribution in [0.1, 0.15) is 24.9 Å². The highest BCUT2D eigenvalue weighted by Crippen LogP contribution is 2.30. The van der Waals surface area contributed by atoms with Crippen molar-refractivity contribution in [2.75, 3.05) is 0 Å². The van der Waals surface area contributed by atoms with Crippen molar-refractivity contribution in [3.63, 3.8) is 0 Å². The SMILES string of the molecule is C[C@H]1[C@@H](O)[C@@H](O)[C@H](O)c2nccn21. The first-order valence-electron chi connectivity index (χ1n) is 4.20. The van der Waals surface area contributed by atoms with Gasteiger partial charge in [0.15, 0.2) is 0 Å². The molecule has 0 fully saturated rings. The summed E-state index contributed by atoms with van der Waals surface area (Å²) < 4.78 is 1.67. The fourth-order valence-corrected chi connectivity index (χ4v) is 1.69. The van der Waals surface area contributed by atoms with Gasteiger partial charge in [-0.15, -0.1) is 0 Å². The molecule has 0 unspecified atom stereocenters.